The predicted molar refractivity (Wildman–Crippen MR) is 100 cm³/mol. The molecule has 1 heterocycles. The highest BCUT2D eigenvalue weighted by Crippen LogP contribution is 2.18. The zero-order chi connectivity index (χ0) is 18.0. The summed E-state index contributed by atoms with van der Waals surface area (Å²) >= 11 is 0. The quantitative estimate of drug-likeness (QED) is 0.234. The van der Waals surface area contributed by atoms with Crippen molar-refractivity contribution in [3.8, 4) is 0 Å². The number of nitrogens with one attached hydrogen (secondary N) is 3. The first-order valence-corrected chi connectivity index (χ1v) is 7.74. The van der Waals surface area contributed by atoms with Gasteiger partial charge in [0.2, 0.25) is 0 Å². The van der Waals surface area contributed by atoms with E-state index in [1.807, 2.05) is 6.92 Å². The van der Waals surface area contributed by atoms with E-state index in [9.17, 15) is 18.0 Å². The smallest absolute Gasteiger partial charge is 0.390 e. The van der Waals surface area contributed by atoms with Gasteiger partial charge < -0.3 is 20.4 Å². The molecule has 0 atom stereocenters. The van der Waals surface area contributed by atoms with Gasteiger partial charge in [-0.3, -0.25) is 9.79 Å². The van der Waals surface area contributed by atoms with Crippen LogP contribution in [0, 0.1) is 6.92 Å². The van der Waals surface area contributed by atoms with Crippen molar-refractivity contribution >= 4 is 35.8 Å². The maximum atomic E-state index is 12.1. The minimum Gasteiger partial charge on any atom is -0.459 e. The van der Waals surface area contributed by atoms with Crippen molar-refractivity contribution in [3.05, 3.63) is 23.7 Å². The summed E-state index contributed by atoms with van der Waals surface area (Å²) in [5.41, 5.74) is 0.758. The van der Waals surface area contributed by atoms with E-state index in [2.05, 4.69) is 20.9 Å². The standard InChI is InChI=1S/C15H23F3N4O2.HI/c1-3-19-14(22-9-6-15(16,17)18)21-8-4-7-20-13(23)12-11(2)5-10-24-12;/h5,10H,3-4,6-9H2,1-2H3,(H,20,23)(H2,19,21,22);1H. The Morgan fingerprint density at radius 1 is 1.24 bits per heavy atom. The van der Waals surface area contributed by atoms with Crippen LogP contribution < -0.4 is 16.0 Å². The first kappa shape index (κ1) is 23.5. The lowest BCUT2D eigenvalue weighted by Crippen LogP contribution is -2.39. The number of rotatable bonds is 8. The number of halogens is 4. The second kappa shape index (κ2) is 12.0. The van der Waals surface area contributed by atoms with Crippen LogP contribution in [0.25, 0.3) is 0 Å². The van der Waals surface area contributed by atoms with E-state index in [0.717, 1.165) is 5.56 Å². The zero-order valence-electron chi connectivity index (χ0n) is 14.2. The van der Waals surface area contributed by atoms with E-state index in [0.29, 0.717) is 32.0 Å². The fraction of sp³-hybridized carbons (Fsp3) is 0.600. The Balaban J connectivity index is 0.00000576. The molecule has 3 N–H and O–H groups in total. The molecule has 0 fully saturated rings. The van der Waals surface area contributed by atoms with E-state index in [1.54, 1.807) is 13.0 Å². The van der Waals surface area contributed by atoms with Gasteiger partial charge in [0.25, 0.3) is 5.91 Å². The largest absolute Gasteiger partial charge is 0.459 e. The number of guanidine groups is 1. The SMILES string of the molecule is CCNC(=NCCCNC(=O)c1occc1C)NCCC(F)(F)F.I. The molecule has 10 heteroatoms. The Morgan fingerprint density at radius 2 is 1.96 bits per heavy atom. The van der Waals surface area contributed by atoms with Gasteiger partial charge in [0.05, 0.1) is 12.7 Å². The van der Waals surface area contributed by atoms with Gasteiger partial charge in [0.15, 0.2) is 11.7 Å². The van der Waals surface area contributed by atoms with Gasteiger partial charge in [-0.25, -0.2) is 0 Å². The number of nitrogens with zero attached hydrogens (tertiary/aromatic N) is 1. The van der Waals surface area contributed by atoms with Gasteiger partial charge in [0, 0.05) is 31.7 Å². The second-order valence-electron chi connectivity index (χ2n) is 5.09. The Kier molecular flexibility index (Phi) is 11.3. The average Bonchev–Trinajstić information content (AvgIpc) is 2.91. The molecule has 0 saturated heterocycles. The van der Waals surface area contributed by atoms with E-state index >= 15 is 0 Å². The Bertz CT molecular complexity index is 547. The number of aryl methyl sites for hydroxylation is 1. The van der Waals surface area contributed by atoms with Gasteiger partial charge in [-0.1, -0.05) is 0 Å². The highest BCUT2D eigenvalue weighted by Gasteiger charge is 2.26. The highest BCUT2D eigenvalue weighted by molar-refractivity contribution is 14.0. The number of furan rings is 1. The number of hydrogen-bond acceptors (Lipinski definition) is 3. The Hall–Kier alpha value is -1.46. The summed E-state index contributed by atoms with van der Waals surface area (Å²) < 4.78 is 41.4. The summed E-state index contributed by atoms with van der Waals surface area (Å²) in [6.07, 6.45) is -3.11. The molecular weight excluding hydrogens is 452 g/mol. The van der Waals surface area contributed by atoms with Crippen molar-refractivity contribution in [2.75, 3.05) is 26.2 Å². The third-order valence-electron chi connectivity index (χ3n) is 3.00. The van der Waals surface area contributed by atoms with E-state index < -0.39 is 12.6 Å². The average molecular weight is 476 g/mol. The topological polar surface area (TPSA) is 78.7 Å². The molecule has 0 aromatic carbocycles. The fourth-order valence-corrected chi connectivity index (χ4v) is 1.82. The molecule has 0 bridgehead atoms. The molecule has 0 unspecified atom stereocenters. The van der Waals surface area contributed by atoms with E-state index in [4.69, 9.17) is 4.42 Å². The lowest BCUT2D eigenvalue weighted by molar-refractivity contribution is -0.132. The number of alkyl halides is 3. The van der Waals surface area contributed by atoms with Crippen molar-refractivity contribution in [3.63, 3.8) is 0 Å². The fourth-order valence-electron chi connectivity index (χ4n) is 1.82. The van der Waals surface area contributed by atoms with Crippen LogP contribution in [0.5, 0.6) is 0 Å². The molecule has 25 heavy (non-hydrogen) atoms. The van der Waals surface area contributed by atoms with Crippen molar-refractivity contribution in [1.29, 1.82) is 0 Å². The molecule has 1 aromatic rings. The number of hydrogen-bond donors (Lipinski definition) is 3. The lowest BCUT2D eigenvalue weighted by Gasteiger charge is -2.12. The number of carbonyl (C=O) groups excluding carboxylic acids is 1. The van der Waals surface area contributed by atoms with Crippen LogP contribution in [-0.2, 0) is 0 Å². The van der Waals surface area contributed by atoms with Crippen molar-refractivity contribution in [1.82, 2.24) is 16.0 Å². The summed E-state index contributed by atoms with van der Waals surface area (Å²) in [6.45, 7) is 4.68. The van der Waals surface area contributed by atoms with Crippen LogP contribution in [0.1, 0.15) is 35.9 Å². The van der Waals surface area contributed by atoms with Gasteiger partial charge >= 0.3 is 6.18 Å². The Labute approximate surface area is 162 Å². The van der Waals surface area contributed by atoms with Crippen LogP contribution >= 0.6 is 24.0 Å². The van der Waals surface area contributed by atoms with Crippen LogP contribution in [0.3, 0.4) is 0 Å². The second-order valence-corrected chi connectivity index (χ2v) is 5.09. The summed E-state index contributed by atoms with van der Waals surface area (Å²) in [5.74, 6) is 0.312. The minimum absolute atomic E-state index is 0. The van der Waals surface area contributed by atoms with Crippen molar-refractivity contribution in [2.24, 2.45) is 4.99 Å². The zero-order valence-corrected chi connectivity index (χ0v) is 16.5. The summed E-state index contributed by atoms with van der Waals surface area (Å²) in [5, 5.41) is 8.19. The highest BCUT2D eigenvalue weighted by atomic mass is 127. The van der Waals surface area contributed by atoms with Gasteiger partial charge in [0.1, 0.15) is 0 Å². The van der Waals surface area contributed by atoms with Crippen molar-refractivity contribution < 1.29 is 22.4 Å². The number of carbonyl (C=O) groups is 1. The molecule has 0 aliphatic rings. The molecule has 0 saturated carbocycles. The molecule has 6 nitrogen and oxygen atoms in total. The normalized spacial score (nSPS) is 11.6. The first-order chi connectivity index (χ1) is 11.3. The third kappa shape index (κ3) is 10.2. The summed E-state index contributed by atoms with van der Waals surface area (Å²) in [4.78, 5) is 16.0. The first-order valence-electron chi connectivity index (χ1n) is 7.74. The summed E-state index contributed by atoms with van der Waals surface area (Å²) in [6, 6.07) is 1.70. The van der Waals surface area contributed by atoms with Crippen molar-refractivity contribution in [2.45, 2.75) is 32.9 Å². The maximum Gasteiger partial charge on any atom is 0.390 e. The Morgan fingerprint density at radius 3 is 2.52 bits per heavy atom. The number of aliphatic imine (C=N–C) groups is 1. The third-order valence-corrected chi connectivity index (χ3v) is 3.00. The molecule has 0 spiro atoms. The van der Waals surface area contributed by atoms with E-state index in [-0.39, 0.29) is 42.2 Å². The maximum absolute atomic E-state index is 12.1. The van der Waals surface area contributed by atoms with E-state index in [1.165, 1.54) is 6.26 Å². The van der Waals surface area contributed by atoms with Gasteiger partial charge in [-0.2, -0.15) is 13.2 Å². The molecule has 0 aliphatic carbocycles. The van der Waals surface area contributed by atoms with Crippen LogP contribution in [0.15, 0.2) is 21.7 Å². The van der Waals surface area contributed by atoms with Gasteiger partial charge in [-0.05, 0) is 26.3 Å². The van der Waals surface area contributed by atoms with Crippen LogP contribution in [-0.4, -0.2) is 44.2 Å². The van der Waals surface area contributed by atoms with Crippen LogP contribution in [0.4, 0.5) is 13.2 Å². The monoisotopic (exact) mass is 476 g/mol. The predicted octanol–water partition coefficient (Wildman–Crippen LogP) is 2.83. The van der Waals surface area contributed by atoms with Crippen LogP contribution in [0.2, 0.25) is 0 Å². The molecule has 0 aliphatic heterocycles. The molecule has 0 radical (unpaired) electrons. The molecule has 1 aromatic heterocycles. The molecule has 144 valence electrons. The minimum atomic E-state index is -4.20. The number of amides is 1. The van der Waals surface area contributed by atoms with Gasteiger partial charge in [-0.15, -0.1) is 24.0 Å². The molecule has 1 rings (SSSR count). The summed E-state index contributed by atoms with van der Waals surface area (Å²) in [7, 11) is 0. The molecule has 1 amide bonds. The lowest BCUT2D eigenvalue weighted by atomic mass is 10.2. The molecular formula is C15H24F3IN4O2.